The van der Waals surface area contributed by atoms with E-state index in [1.165, 1.54) is 32.8 Å². The maximum absolute atomic E-state index is 11.1. The molecule has 0 bridgehead atoms. The summed E-state index contributed by atoms with van der Waals surface area (Å²) in [4.78, 5) is 15.6. The highest BCUT2D eigenvalue weighted by molar-refractivity contribution is 5.73. The van der Waals surface area contributed by atoms with E-state index in [2.05, 4.69) is 15.6 Å². The minimum atomic E-state index is -0.212. The third-order valence-electron chi connectivity index (χ3n) is 3.29. The summed E-state index contributed by atoms with van der Waals surface area (Å²) in [5.41, 5.74) is 2.74. The quantitative estimate of drug-likeness (QED) is 0.633. The number of hydroxylamine groups is 1. The van der Waals surface area contributed by atoms with Gasteiger partial charge in [0, 0.05) is 6.04 Å². The van der Waals surface area contributed by atoms with Crippen LogP contribution in [-0.4, -0.2) is 19.2 Å². The molecule has 0 radical (unpaired) electrons. The van der Waals surface area contributed by atoms with Crippen LogP contribution in [0.3, 0.4) is 0 Å². The third kappa shape index (κ3) is 1.63. The second kappa shape index (κ2) is 3.18. The molecular formula is C9H16N2O2. The Labute approximate surface area is 78.0 Å². The molecule has 2 rings (SSSR count). The van der Waals surface area contributed by atoms with E-state index in [1.54, 1.807) is 0 Å². The first-order valence-corrected chi connectivity index (χ1v) is 4.86. The molecule has 0 aromatic heterocycles. The van der Waals surface area contributed by atoms with Crippen LogP contribution < -0.4 is 10.8 Å². The average Bonchev–Trinajstić information content (AvgIpc) is 2.56. The first-order valence-electron chi connectivity index (χ1n) is 4.86. The second-order valence-corrected chi connectivity index (χ2v) is 4.11. The molecular weight excluding hydrogens is 168 g/mol. The van der Waals surface area contributed by atoms with Crippen LogP contribution in [0.2, 0.25) is 0 Å². The molecule has 2 amide bonds. The van der Waals surface area contributed by atoms with Gasteiger partial charge in [-0.05, 0) is 24.7 Å². The monoisotopic (exact) mass is 184 g/mol. The Kier molecular flexibility index (Phi) is 2.15. The molecule has 0 saturated heterocycles. The number of nitrogens with one attached hydrogen (secondary N) is 2. The maximum atomic E-state index is 11.1. The molecule has 2 aliphatic carbocycles. The SMILES string of the molecule is CONC(=O)NC1CC12CCCC2. The lowest BCUT2D eigenvalue weighted by Gasteiger charge is -2.09. The van der Waals surface area contributed by atoms with E-state index in [0.717, 1.165) is 6.42 Å². The Hall–Kier alpha value is -0.770. The number of rotatable bonds is 2. The summed E-state index contributed by atoms with van der Waals surface area (Å²) in [5, 5.41) is 2.91. The van der Waals surface area contributed by atoms with Crippen molar-refractivity contribution >= 4 is 6.03 Å². The number of hydrogen-bond acceptors (Lipinski definition) is 2. The van der Waals surface area contributed by atoms with Crippen molar-refractivity contribution in [2.45, 2.75) is 38.1 Å². The van der Waals surface area contributed by atoms with E-state index in [9.17, 15) is 4.79 Å². The molecule has 2 saturated carbocycles. The molecule has 13 heavy (non-hydrogen) atoms. The van der Waals surface area contributed by atoms with Crippen LogP contribution in [-0.2, 0) is 4.84 Å². The van der Waals surface area contributed by atoms with E-state index in [1.807, 2.05) is 0 Å². The summed E-state index contributed by atoms with van der Waals surface area (Å²) >= 11 is 0. The average molecular weight is 184 g/mol. The van der Waals surface area contributed by atoms with Gasteiger partial charge in [0.25, 0.3) is 0 Å². The Morgan fingerprint density at radius 1 is 1.46 bits per heavy atom. The van der Waals surface area contributed by atoms with Crippen molar-refractivity contribution in [2.75, 3.05) is 7.11 Å². The Morgan fingerprint density at radius 3 is 2.77 bits per heavy atom. The molecule has 1 spiro atoms. The molecule has 74 valence electrons. The molecule has 2 N–H and O–H groups in total. The van der Waals surface area contributed by atoms with Crippen LogP contribution >= 0.6 is 0 Å². The van der Waals surface area contributed by atoms with Crippen molar-refractivity contribution in [1.82, 2.24) is 10.8 Å². The van der Waals surface area contributed by atoms with E-state index in [-0.39, 0.29) is 6.03 Å². The highest BCUT2D eigenvalue weighted by Gasteiger charge is 2.55. The van der Waals surface area contributed by atoms with Gasteiger partial charge in [0.1, 0.15) is 0 Å². The van der Waals surface area contributed by atoms with Gasteiger partial charge in [0.05, 0.1) is 7.11 Å². The van der Waals surface area contributed by atoms with Crippen LogP contribution in [0.25, 0.3) is 0 Å². The van der Waals surface area contributed by atoms with Crippen LogP contribution in [0.1, 0.15) is 32.1 Å². The zero-order chi connectivity index (χ0) is 9.31. The lowest BCUT2D eigenvalue weighted by atomic mass is 10.1. The summed E-state index contributed by atoms with van der Waals surface area (Å²) in [6.45, 7) is 0. The van der Waals surface area contributed by atoms with Gasteiger partial charge >= 0.3 is 6.03 Å². The molecule has 0 aromatic carbocycles. The van der Waals surface area contributed by atoms with Crippen molar-refractivity contribution in [1.29, 1.82) is 0 Å². The summed E-state index contributed by atoms with van der Waals surface area (Å²) in [5.74, 6) is 0. The van der Waals surface area contributed by atoms with E-state index in [4.69, 9.17) is 0 Å². The predicted octanol–water partition coefficient (Wildman–Crippen LogP) is 1.18. The number of urea groups is 1. The Morgan fingerprint density at radius 2 is 2.15 bits per heavy atom. The van der Waals surface area contributed by atoms with Crippen molar-refractivity contribution in [3.8, 4) is 0 Å². The minimum absolute atomic E-state index is 0.212. The van der Waals surface area contributed by atoms with Gasteiger partial charge in [-0.3, -0.25) is 4.84 Å². The van der Waals surface area contributed by atoms with Gasteiger partial charge in [0.15, 0.2) is 0 Å². The lowest BCUT2D eigenvalue weighted by molar-refractivity contribution is 0.107. The third-order valence-corrected chi connectivity index (χ3v) is 3.29. The molecule has 2 fully saturated rings. The zero-order valence-corrected chi connectivity index (χ0v) is 7.93. The standard InChI is InChI=1S/C9H16N2O2/c1-13-11-8(12)10-7-6-9(7)4-2-3-5-9/h7H,2-6H2,1H3,(H2,10,11,12). The molecule has 4 nitrogen and oxygen atoms in total. The van der Waals surface area contributed by atoms with E-state index < -0.39 is 0 Å². The fourth-order valence-electron chi connectivity index (χ4n) is 2.46. The lowest BCUT2D eigenvalue weighted by Crippen LogP contribution is -2.37. The minimum Gasteiger partial charge on any atom is -0.333 e. The molecule has 0 aliphatic heterocycles. The van der Waals surface area contributed by atoms with Gasteiger partial charge in [-0.15, -0.1) is 0 Å². The van der Waals surface area contributed by atoms with Gasteiger partial charge in [-0.2, -0.15) is 0 Å². The highest BCUT2D eigenvalue weighted by atomic mass is 16.6. The first-order chi connectivity index (χ1) is 6.27. The summed E-state index contributed by atoms with van der Waals surface area (Å²) in [6.07, 6.45) is 6.37. The first kappa shape index (κ1) is 8.81. The molecule has 2 aliphatic rings. The number of amides is 2. The number of hydrogen-bond donors (Lipinski definition) is 2. The normalized spacial score (nSPS) is 28.8. The van der Waals surface area contributed by atoms with Crippen molar-refractivity contribution < 1.29 is 9.63 Å². The molecule has 0 heterocycles. The van der Waals surface area contributed by atoms with Crippen molar-refractivity contribution in [3.05, 3.63) is 0 Å². The van der Waals surface area contributed by atoms with Crippen LogP contribution in [0, 0.1) is 5.41 Å². The fraction of sp³-hybridized carbons (Fsp3) is 0.889. The van der Waals surface area contributed by atoms with E-state index in [0.29, 0.717) is 11.5 Å². The molecule has 4 heteroatoms. The highest BCUT2D eigenvalue weighted by Crippen LogP contribution is 2.57. The fourth-order valence-corrected chi connectivity index (χ4v) is 2.46. The van der Waals surface area contributed by atoms with Gasteiger partial charge in [0.2, 0.25) is 0 Å². The molecule has 1 atom stereocenters. The molecule has 0 aromatic rings. The largest absolute Gasteiger partial charge is 0.338 e. The van der Waals surface area contributed by atoms with Crippen molar-refractivity contribution in [3.63, 3.8) is 0 Å². The van der Waals surface area contributed by atoms with Crippen LogP contribution in [0.15, 0.2) is 0 Å². The number of carbonyl (C=O) groups excluding carboxylic acids is 1. The summed E-state index contributed by atoms with van der Waals surface area (Å²) in [6, 6.07) is 0.182. The van der Waals surface area contributed by atoms with Gasteiger partial charge in [-0.1, -0.05) is 12.8 Å². The zero-order valence-electron chi connectivity index (χ0n) is 7.93. The summed E-state index contributed by atoms with van der Waals surface area (Å²) < 4.78 is 0. The van der Waals surface area contributed by atoms with Gasteiger partial charge < -0.3 is 5.32 Å². The van der Waals surface area contributed by atoms with Crippen LogP contribution in [0.4, 0.5) is 4.79 Å². The topological polar surface area (TPSA) is 50.4 Å². The van der Waals surface area contributed by atoms with Gasteiger partial charge in [-0.25, -0.2) is 10.3 Å². The predicted molar refractivity (Wildman–Crippen MR) is 48.0 cm³/mol. The van der Waals surface area contributed by atoms with E-state index >= 15 is 0 Å². The molecule has 1 unspecified atom stereocenters. The smallest absolute Gasteiger partial charge is 0.333 e. The Bertz CT molecular complexity index is 212. The van der Waals surface area contributed by atoms with Crippen LogP contribution in [0.5, 0.6) is 0 Å². The number of carbonyl (C=O) groups is 1. The van der Waals surface area contributed by atoms with Crippen molar-refractivity contribution in [2.24, 2.45) is 5.41 Å². The Balaban J connectivity index is 1.76. The summed E-state index contributed by atoms with van der Waals surface area (Å²) in [7, 11) is 1.44. The maximum Gasteiger partial charge on any atom is 0.338 e. The second-order valence-electron chi connectivity index (χ2n) is 4.11.